The normalized spacial score (nSPS) is 12.6. The lowest BCUT2D eigenvalue weighted by molar-refractivity contribution is -0.104. The number of amides is 2. The molecule has 0 bridgehead atoms. The molecule has 11 nitrogen and oxygen atoms in total. The minimum Gasteiger partial charge on any atom is -0.383 e. The molecule has 1 aliphatic heterocycles. The summed E-state index contributed by atoms with van der Waals surface area (Å²) in [7, 11) is 3.81. The Labute approximate surface area is 283 Å². The molecule has 0 fully saturated rings. The van der Waals surface area contributed by atoms with Gasteiger partial charge < -0.3 is 26.4 Å². The zero-order chi connectivity index (χ0) is 36.0. The van der Waals surface area contributed by atoms with Crippen molar-refractivity contribution in [2.45, 2.75) is 61.4 Å². The lowest BCUT2D eigenvalue weighted by Crippen LogP contribution is -2.40. The summed E-state index contributed by atoms with van der Waals surface area (Å²) in [4.78, 5) is 34.2. The molecule has 3 rings (SSSR count). The quantitative estimate of drug-likeness (QED) is 0.100. The number of methoxy groups -OCH3 is 1. The van der Waals surface area contributed by atoms with Crippen LogP contribution in [-0.2, 0) is 16.1 Å². The van der Waals surface area contributed by atoms with Gasteiger partial charge in [0.15, 0.2) is 0 Å². The number of urea groups is 1. The maximum absolute atomic E-state index is 12.3. The summed E-state index contributed by atoms with van der Waals surface area (Å²) < 4.78 is 5.16. The number of carbonyl (C=O) groups is 2. The van der Waals surface area contributed by atoms with Gasteiger partial charge in [0, 0.05) is 39.0 Å². The number of aldehydes is 1. The summed E-state index contributed by atoms with van der Waals surface area (Å²) in [5, 5.41) is 5.21. The number of carbonyl (C=O) groups excluding carboxylic acids is 2. The van der Waals surface area contributed by atoms with Crippen LogP contribution in [0.3, 0.4) is 0 Å². The van der Waals surface area contributed by atoms with E-state index in [9.17, 15) is 4.79 Å². The van der Waals surface area contributed by atoms with Gasteiger partial charge in [0.1, 0.15) is 6.29 Å². The molecule has 2 aromatic rings. The smallest absolute Gasteiger partial charge is 0.325 e. The van der Waals surface area contributed by atoms with Crippen molar-refractivity contribution >= 4 is 41.2 Å². The van der Waals surface area contributed by atoms with E-state index in [2.05, 4.69) is 57.0 Å². The van der Waals surface area contributed by atoms with Gasteiger partial charge in [-0.05, 0) is 67.1 Å². The fourth-order valence-electron chi connectivity index (χ4n) is 3.96. The lowest BCUT2D eigenvalue weighted by atomic mass is 10.0. The van der Waals surface area contributed by atoms with Crippen molar-refractivity contribution in [2.75, 3.05) is 52.3 Å². The number of allylic oxidation sites excluding steroid dienone is 1. The van der Waals surface area contributed by atoms with Crippen LogP contribution in [0, 0.1) is 0 Å². The maximum atomic E-state index is 12.3. The Morgan fingerprint density at radius 3 is 2.15 bits per heavy atom. The monoisotopic (exact) mass is 652 g/mol. The summed E-state index contributed by atoms with van der Waals surface area (Å²) in [6.07, 6.45) is 5.13. The van der Waals surface area contributed by atoms with Gasteiger partial charge in [-0.1, -0.05) is 85.4 Å². The van der Waals surface area contributed by atoms with Gasteiger partial charge in [-0.15, -0.1) is 0 Å². The topological polar surface area (TPSA) is 151 Å². The van der Waals surface area contributed by atoms with E-state index in [1.165, 1.54) is 11.6 Å². The third-order valence-electron chi connectivity index (χ3n) is 6.07. The number of ether oxygens (including phenoxy) is 1. The molecule has 2 amide bonds. The Balaban J connectivity index is 0. The molecule has 0 saturated carbocycles. The summed E-state index contributed by atoms with van der Waals surface area (Å²) in [6.45, 7) is 22.5. The summed E-state index contributed by atoms with van der Waals surface area (Å²) in [5.41, 5.74) is 16.6. The van der Waals surface area contributed by atoms with Crippen molar-refractivity contribution in [3.8, 4) is 0 Å². The van der Waals surface area contributed by atoms with Crippen LogP contribution in [0.5, 0.6) is 0 Å². The number of benzene rings is 2. The Bertz CT molecular complexity index is 1200. The average molecular weight is 653 g/mol. The molecule has 0 spiro atoms. The van der Waals surface area contributed by atoms with Gasteiger partial charge in [-0.3, -0.25) is 15.0 Å². The standard InChI is InChI=1S/C27H38N8O2.C3H4O.3C2H6/c1-4-35(16-17-37-3)18-20-7-11-23(12-8-20)30-25(28)32-26(29)33-27(36)31-24-13-9-21(10-14-24)22-6-5-15-34(2)19-22;1-2-3-4;3*1-2/h6-14H,4-5,15-19H2,1-3H3,(H6,28,29,30,31,32,33,36);2-3H,1H2;3*1-2H3. The molecule has 0 unspecified atom stereocenters. The first-order valence-electron chi connectivity index (χ1n) is 16.4. The van der Waals surface area contributed by atoms with Crippen LogP contribution in [0.25, 0.3) is 5.57 Å². The molecule has 262 valence electrons. The Hall–Kier alpha value is -4.32. The predicted molar refractivity (Wildman–Crippen MR) is 201 cm³/mol. The number of rotatable bonds is 10. The SMILES string of the molecule is C=CC=O.CC.CC.CC.CCN(CCOC)Cc1ccc(N=C(N)/N=C(/N)NC(=O)Nc2ccc(C3=CCCN(C)C3)cc2)cc1. The van der Waals surface area contributed by atoms with Crippen molar-refractivity contribution < 1.29 is 14.3 Å². The van der Waals surface area contributed by atoms with Crippen molar-refractivity contribution in [1.29, 1.82) is 0 Å². The number of nitrogens with zero attached hydrogens (tertiary/aromatic N) is 4. The van der Waals surface area contributed by atoms with E-state index >= 15 is 0 Å². The van der Waals surface area contributed by atoms with Gasteiger partial charge in [0.25, 0.3) is 0 Å². The van der Waals surface area contributed by atoms with E-state index in [1.54, 1.807) is 7.11 Å². The number of guanidine groups is 2. The molecule has 0 aliphatic carbocycles. The Morgan fingerprint density at radius 1 is 1.04 bits per heavy atom. The number of aliphatic imine (C=N–C) groups is 2. The van der Waals surface area contributed by atoms with Gasteiger partial charge >= 0.3 is 6.03 Å². The number of nitrogens with one attached hydrogen (secondary N) is 2. The summed E-state index contributed by atoms with van der Waals surface area (Å²) in [6, 6.07) is 14.9. The van der Waals surface area contributed by atoms with Crippen molar-refractivity contribution in [1.82, 2.24) is 15.1 Å². The lowest BCUT2D eigenvalue weighted by Gasteiger charge is -2.23. The average Bonchev–Trinajstić information content (AvgIpc) is 3.10. The predicted octanol–water partition coefficient (Wildman–Crippen LogP) is 6.41. The molecule has 1 aliphatic rings. The van der Waals surface area contributed by atoms with Crippen LogP contribution in [0.2, 0.25) is 0 Å². The fraction of sp³-hybridized carbons (Fsp3) is 0.444. The maximum Gasteiger partial charge on any atom is 0.325 e. The minimum atomic E-state index is -0.517. The molecule has 0 saturated heterocycles. The van der Waals surface area contributed by atoms with E-state index < -0.39 is 6.03 Å². The van der Waals surface area contributed by atoms with Gasteiger partial charge in [0.05, 0.1) is 12.3 Å². The third kappa shape index (κ3) is 20.4. The molecule has 1 heterocycles. The van der Waals surface area contributed by atoms with E-state index in [-0.39, 0.29) is 11.9 Å². The third-order valence-corrected chi connectivity index (χ3v) is 6.07. The van der Waals surface area contributed by atoms with Crippen molar-refractivity contribution in [3.05, 3.63) is 78.4 Å². The highest BCUT2D eigenvalue weighted by molar-refractivity contribution is 6.05. The minimum absolute atomic E-state index is 0.0593. The largest absolute Gasteiger partial charge is 0.383 e. The van der Waals surface area contributed by atoms with Crippen LogP contribution in [0.4, 0.5) is 16.2 Å². The first kappa shape index (κ1) is 44.8. The summed E-state index contributed by atoms with van der Waals surface area (Å²) in [5.74, 6) is -0.213. The highest BCUT2D eigenvalue weighted by atomic mass is 16.5. The van der Waals surface area contributed by atoms with Gasteiger partial charge in [0.2, 0.25) is 11.9 Å². The van der Waals surface area contributed by atoms with Crippen LogP contribution in [-0.4, -0.2) is 81.0 Å². The molecule has 0 radical (unpaired) electrons. The van der Waals surface area contributed by atoms with E-state index in [0.29, 0.717) is 24.3 Å². The van der Waals surface area contributed by atoms with Gasteiger partial charge in [-0.25, -0.2) is 9.79 Å². The molecular weight excluding hydrogens is 592 g/mol. The first-order valence-corrected chi connectivity index (χ1v) is 16.4. The fourth-order valence-corrected chi connectivity index (χ4v) is 3.96. The molecule has 2 aromatic carbocycles. The highest BCUT2D eigenvalue weighted by Gasteiger charge is 2.11. The molecule has 47 heavy (non-hydrogen) atoms. The van der Waals surface area contributed by atoms with Gasteiger partial charge in [-0.2, -0.15) is 4.99 Å². The number of likely N-dealkylation sites (N-methyl/N-ethyl adjacent to an activating group) is 2. The second-order valence-corrected chi connectivity index (χ2v) is 9.28. The van der Waals surface area contributed by atoms with E-state index in [1.807, 2.05) is 90.1 Å². The van der Waals surface area contributed by atoms with Crippen LogP contribution >= 0.6 is 0 Å². The zero-order valence-corrected chi connectivity index (χ0v) is 30.2. The number of hydrogen-bond acceptors (Lipinski definition) is 6. The highest BCUT2D eigenvalue weighted by Crippen LogP contribution is 2.21. The zero-order valence-electron chi connectivity index (χ0n) is 30.2. The van der Waals surface area contributed by atoms with Crippen LogP contribution in [0.1, 0.15) is 66.0 Å². The van der Waals surface area contributed by atoms with Crippen LogP contribution < -0.4 is 22.1 Å². The molecule has 6 N–H and O–H groups in total. The number of nitrogens with two attached hydrogens (primary N) is 2. The van der Waals surface area contributed by atoms with E-state index in [0.717, 1.165) is 50.3 Å². The van der Waals surface area contributed by atoms with E-state index in [4.69, 9.17) is 21.0 Å². The first-order chi connectivity index (χ1) is 22.8. The summed E-state index contributed by atoms with van der Waals surface area (Å²) >= 11 is 0. The Morgan fingerprint density at radius 2 is 1.64 bits per heavy atom. The number of hydrogen-bond donors (Lipinski definition) is 4. The second kappa shape index (κ2) is 29.1. The molecule has 11 heteroatoms. The van der Waals surface area contributed by atoms with Crippen LogP contribution in [0.15, 0.2) is 77.2 Å². The second-order valence-electron chi connectivity index (χ2n) is 9.28. The molecular formula is C36H60N8O3. The van der Waals surface area contributed by atoms with Crippen molar-refractivity contribution in [2.24, 2.45) is 21.5 Å². The molecule has 0 atom stereocenters. The Kier molecular flexibility index (Phi) is 27.7. The van der Waals surface area contributed by atoms with Crippen molar-refractivity contribution in [3.63, 3.8) is 0 Å². The molecule has 0 aromatic heterocycles. The number of anilines is 1.